The molecule has 1 amide bonds. The lowest BCUT2D eigenvalue weighted by atomic mass is 9.97. The van der Waals surface area contributed by atoms with Gasteiger partial charge in [0.25, 0.3) is 0 Å². The third-order valence-corrected chi connectivity index (χ3v) is 6.13. The van der Waals surface area contributed by atoms with Crippen molar-refractivity contribution in [2.45, 2.75) is 38.9 Å². The van der Waals surface area contributed by atoms with E-state index in [1.807, 2.05) is 18.2 Å². The molecular weight excluding hydrogens is 469 g/mol. The number of carbonyl (C=O) groups excluding carboxylic acids is 1. The molecule has 7 nitrogen and oxygen atoms in total. The van der Waals surface area contributed by atoms with Crippen molar-refractivity contribution in [3.05, 3.63) is 77.2 Å². The number of amides is 1. The van der Waals surface area contributed by atoms with Crippen LogP contribution in [0.4, 0.5) is 19.0 Å². The van der Waals surface area contributed by atoms with Gasteiger partial charge in [0.15, 0.2) is 11.6 Å². The second-order valence-electron chi connectivity index (χ2n) is 9.02. The van der Waals surface area contributed by atoms with Gasteiger partial charge in [0.05, 0.1) is 13.0 Å². The summed E-state index contributed by atoms with van der Waals surface area (Å²) in [6.07, 6.45) is -2.65. The molecule has 1 aliphatic rings. The Morgan fingerprint density at radius 2 is 1.72 bits per heavy atom. The van der Waals surface area contributed by atoms with Crippen LogP contribution in [0, 0.1) is 0 Å². The molecule has 4 aromatic rings. The van der Waals surface area contributed by atoms with E-state index in [4.69, 9.17) is 4.98 Å². The average Bonchev–Trinajstić information content (AvgIpc) is 3.39. The van der Waals surface area contributed by atoms with Crippen molar-refractivity contribution in [1.29, 1.82) is 0 Å². The first kappa shape index (κ1) is 23.7. The van der Waals surface area contributed by atoms with Crippen LogP contribution in [0.3, 0.4) is 0 Å². The van der Waals surface area contributed by atoms with Gasteiger partial charge < -0.3 is 0 Å². The Kier molecular flexibility index (Phi) is 5.82. The number of hydrogen-bond donors (Lipinski definition) is 0. The minimum absolute atomic E-state index is 0.0137. The predicted octanol–water partition coefficient (Wildman–Crippen LogP) is 5.17. The first-order valence-corrected chi connectivity index (χ1v) is 11.4. The van der Waals surface area contributed by atoms with Crippen LogP contribution in [0.5, 0.6) is 0 Å². The Hall–Kier alpha value is -4.08. The van der Waals surface area contributed by atoms with Crippen LogP contribution >= 0.6 is 0 Å². The van der Waals surface area contributed by atoms with Gasteiger partial charge in [0.2, 0.25) is 11.7 Å². The van der Waals surface area contributed by atoms with E-state index in [9.17, 15) is 18.0 Å². The fourth-order valence-electron chi connectivity index (χ4n) is 4.32. The highest BCUT2D eigenvalue weighted by atomic mass is 19.4. The minimum atomic E-state index is -4.58. The number of halogens is 3. The van der Waals surface area contributed by atoms with E-state index in [1.54, 1.807) is 35.4 Å². The molecule has 36 heavy (non-hydrogen) atoms. The first-order chi connectivity index (χ1) is 17.1. The van der Waals surface area contributed by atoms with Gasteiger partial charge in [-0.15, -0.1) is 0 Å². The maximum absolute atomic E-state index is 13.1. The summed E-state index contributed by atoms with van der Waals surface area (Å²) in [5.74, 6) is 0.271. The van der Waals surface area contributed by atoms with Crippen LogP contribution in [0.15, 0.2) is 54.7 Å². The number of fused-ring (bicyclic) bond motifs is 1. The summed E-state index contributed by atoms with van der Waals surface area (Å²) >= 11 is 0. The molecule has 0 N–H and O–H groups in total. The van der Waals surface area contributed by atoms with E-state index in [0.717, 1.165) is 26.9 Å². The summed E-state index contributed by atoms with van der Waals surface area (Å²) in [6.45, 7) is 4.49. The second kappa shape index (κ2) is 8.85. The monoisotopic (exact) mass is 492 g/mol. The number of aryl methyl sites for hydroxylation is 1. The van der Waals surface area contributed by atoms with Gasteiger partial charge in [-0.1, -0.05) is 62.4 Å². The van der Waals surface area contributed by atoms with Gasteiger partial charge in [-0.25, -0.2) is 19.6 Å². The summed E-state index contributed by atoms with van der Waals surface area (Å²) in [6, 6.07) is 14.8. The van der Waals surface area contributed by atoms with E-state index < -0.39 is 12.0 Å². The maximum atomic E-state index is 13.1. The summed E-state index contributed by atoms with van der Waals surface area (Å²) in [4.78, 5) is 27.3. The van der Waals surface area contributed by atoms with E-state index >= 15 is 0 Å². The van der Waals surface area contributed by atoms with Crippen LogP contribution in [0.1, 0.15) is 42.3 Å². The molecule has 184 valence electrons. The quantitative estimate of drug-likeness (QED) is 0.384. The summed E-state index contributed by atoms with van der Waals surface area (Å²) in [5, 5.41) is 3.88. The molecular formula is C26H23F3N6O. The zero-order chi connectivity index (χ0) is 25.6. The highest BCUT2D eigenvalue weighted by molar-refractivity contribution is 6.00. The van der Waals surface area contributed by atoms with Gasteiger partial charge in [-0.3, -0.25) is 9.69 Å². The Morgan fingerprint density at radius 1 is 1.00 bits per heavy atom. The molecule has 2 aromatic carbocycles. The van der Waals surface area contributed by atoms with Gasteiger partial charge >= 0.3 is 6.18 Å². The van der Waals surface area contributed by atoms with Gasteiger partial charge in [-0.2, -0.15) is 18.3 Å². The molecule has 0 bridgehead atoms. The summed E-state index contributed by atoms with van der Waals surface area (Å²) in [5.41, 5.74) is 4.07. The fraction of sp³-hybridized carbons (Fsp3) is 0.269. The highest BCUT2D eigenvalue weighted by Crippen LogP contribution is 2.33. The van der Waals surface area contributed by atoms with Crippen molar-refractivity contribution in [3.8, 4) is 22.8 Å². The molecule has 2 aromatic heterocycles. The van der Waals surface area contributed by atoms with Crippen molar-refractivity contribution in [1.82, 2.24) is 24.7 Å². The molecule has 0 spiro atoms. The highest BCUT2D eigenvalue weighted by Gasteiger charge is 2.37. The standard InChI is InChI=1S/C26H23F3N6O/c1-15(2)19-6-4-5-7-20(19)23-30-13-18-12-21(36)35(24(18)31-23)14-16-8-10-17(11-9-16)22-32-25(26(27,28)29)34(3)33-22/h4-11,13,15H,12,14H2,1-3H3. The van der Waals surface area contributed by atoms with Gasteiger partial charge in [0.1, 0.15) is 5.82 Å². The van der Waals surface area contributed by atoms with Gasteiger partial charge in [-0.05, 0) is 17.0 Å². The Labute approximate surface area is 205 Å². The summed E-state index contributed by atoms with van der Waals surface area (Å²) < 4.78 is 39.9. The SMILES string of the molecule is CC(C)c1ccccc1-c1ncc2c(n1)N(Cc1ccc(-c3nc(C(F)(F)F)n(C)n3)cc1)C(=O)C2. The van der Waals surface area contributed by atoms with Crippen molar-refractivity contribution < 1.29 is 18.0 Å². The maximum Gasteiger partial charge on any atom is 0.451 e. The molecule has 0 unspecified atom stereocenters. The predicted molar refractivity (Wildman–Crippen MR) is 128 cm³/mol. The van der Waals surface area contributed by atoms with E-state index in [1.165, 1.54) is 7.05 Å². The number of hydrogen-bond acceptors (Lipinski definition) is 5. The van der Waals surface area contributed by atoms with Crippen molar-refractivity contribution in [2.75, 3.05) is 4.90 Å². The molecule has 0 atom stereocenters. The Bertz CT molecular complexity index is 1440. The summed E-state index contributed by atoms with van der Waals surface area (Å²) in [7, 11) is 1.21. The Morgan fingerprint density at radius 3 is 2.39 bits per heavy atom. The van der Waals surface area contributed by atoms with Crippen LogP contribution in [0.2, 0.25) is 0 Å². The molecule has 1 aliphatic heterocycles. The van der Waals surface area contributed by atoms with E-state index in [0.29, 0.717) is 17.2 Å². The third kappa shape index (κ3) is 4.34. The largest absolute Gasteiger partial charge is 0.451 e. The number of rotatable bonds is 5. The number of carbonyl (C=O) groups is 1. The van der Waals surface area contributed by atoms with Crippen molar-refractivity contribution in [2.24, 2.45) is 7.05 Å². The smallest absolute Gasteiger partial charge is 0.292 e. The molecule has 10 heteroatoms. The number of nitrogens with zero attached hydrogens (tertiary/aromatic N) is 6. The van der Waals surface area contributed by atoms with Crippen LogP contribution in [-0.2, 0) is 31.0 Å². The number of aromatic nitrogens is 5. The molecule has 0 saturated heterocycles. The fourth-order valence-corrected chi connectivity index (χ4v) is 4.32. The molecule has 5 rings (SSSR count). The van der Waals surface area contributed by atoms with Crippen LogP contribution < -0.4 is 4.90 Å². The van der Waals surface area contributed by atoms with Crippen LogP contribution in [0.25, 0.3) is 22.8 Å². The second-order valence-corrected chi connectivity index (χ2v) is 9.02. The van der Waals surface area contributed by atoms with Crippen LogP contribution in [-0.4, -0.2) is 30.6 Å². The zero-order valence-corrected chi connectivity index (χ0v) is 19.9. The number of benzene rings is 2. The zero-order valence-electron chi connectivity index (χ0n) is 19.9. The normalized spacial score (nSPS) is 13.5. The molecule has 3 heterocycles. The number of anilines is 1. The lowest BCUT2D eigenvalue weighted by Gasteiger charge is -2.18. The lowest BCUT2D eigenvalue weighted by molar-refractivity contribution is -0.147. The minimum Gasteiger partial charge on any atom is -0.292 e. The molecule has 0 fully saturated rings. The lowest BCUT2D eigenvalue weighted by Crippen LogP contribution is -2.26. The topological polar surface area (TPSA) is 76.8 Å². The third-order valence-electron chi connectivity index (χ3n) is 6.13. The Balaban J connectivity index is 1.41. The molecule has 0 radical (unpaired) electrons. The average molecular weight is 493 g/mol. The number of alkyl halides is 3. The van der Waals surface area contributed by atoms with E-state index in [2.05, 4.69) is 35.0 Å². The van der Waals surface area contributed by atoms with Gasteiger partial charge in [0, 0.05) is 29.9 Å². The van der Waals surface area contributed by atoms with E-state index in [-0.39, 0.29) is 30.6 Å². The van der Waals surface area contributed by atoms with Crippen molar-refractivity contribution >= 4 is 11.7 Å². The molecule has 0 aliphatic carbocycles. The molecule has 0 saturated carbocycles. The first-order valence-electron chi connectivity index (χ1n) is 11.4. The van der Waals surface area contributed by atoms with Crippen molar-refractivity contribution in [3.63, 3.8) is 0 Å².